The van der Waals surface area contributed by atoms with Crippen LogP contribution in [0.1, 0.15) is 23.9 Å². The van der Waals surface area contributed by atoms with Crippen LogP contribution in [-0.2, 0) is 31.7 Å². The summed E-state index contributed by atoms with van der Waals surface area (Å²) >= 11 is 3.47. The number of aryl methyl sites for hydroxylation is 3. The van der Waals surface area contributed by atoms with Crippen molar-refractivity contribution in [2.24, 2.45) is 19.8 Å². The summed E-state index contributed by atoms with van der Waals surface area (Å²) in [6.07, 6.45) is 5.60. The average molecular weight is 484 g/mol. The smallest absolute Gasteiger partial charge is 0.320 e. The molecule has 0 spiro atoms. The number of carboxylic acid groups (broad SMARTS) is 1. The van der Waals surface area contributed by atoms with Gasteiger partial charge < -0.3 is 20.0 Å². The Morgan fingerprint density at radius 2 is 1.61 bits per heavy atom. The van der Waals surface area contributed by atoms with E-state index in [0.29, 0.717) is 6.42 Å². The maximum absolute atomic E-state index is 10.9. The van der Waals surface area contributed by atoms with E-state index >= 15 is 0 Å². The van der Waals surface area contributed by atoms with Crippen molar-refractivity contribution in [3.8, 4) is 0 Å². The Morgan fingerprint density at radius 1 is 1.00 bits per heavy atom. The number of carboxylic acids is 1. The molecule has 176 valence electrons. The number of nitrogens with two attached hydrogens (primary N) is 1. The lowest BCUT2D eigenvalue weighted by Gasteiger charge is -2.07. The number of rotatable bonds is 6. The van der Waals surface area contributed by atoms with Crippen molar-refractivity contribution in [1.29, 1.82) is 0 Å². The quantitative estimate of drug-likeness (QED) is 0.348. The number of hydrogen-bond donors (Lipinski definition) is 2. The SMILES string of the molecule is CCc1cc2cc(SC)ccc2n1C.CSc1ccc2c(c1)c(CC(N)C(=O)O)c(C)n2C. The first-order valence-corrected chi connectivity index (χ1v) is 13.4. The van der Waals surface area contributed by atoms with Crippen molar-refractivity contribution in [3.63, 3.8) is 0 Å². The van der Waals surface area contributed by atoms with E-state index < -0.39 is 12.0 Å². The minimum atomic E-state index is -0.961. The number of aliphatic carboxylic acids is 1. The maximum atomic E-state index is 10.9. The van der Waals surface area contributed by atoms with Crippen LogP contribution in [-0.4, -0.2) is 38.8 Å². The third kappa shape index (κ3) is 5.26. The van der Waals surface area contributed by atoms with Crippen LogP contribution in [0.2, 0.25) is 0 Å². The zero-order valence-electron chi connectivity index (χ0n) is 20.2. The van der Waals surface area contributed by atoms with Crippen molar-refractivity contribution in [2.45, 2.75) is 42.5 Å². The molecule has 0 radical (unpaired) electrons. The molecular formula is C26H33N3O2S2. The predicted octanol–water partition coefficient (Wildman–Crippen LogP) is 5.63. The van der Waals surface area contributed by atoms with Gasteiger partial charge in [-0.15, -0.1) is 23.5 Å². The molecule has 5 nitrogen and oxygen atoms in total. The highest BCUT2D eigenvalue weighted by Crippen LogP contribution is 2.29. The molecule has 0 amide bonds. The monoisotopic (exact) mass is 483 g/mol. The number of nitrogens with zero attached hydrogens (tertiary/aromatic N) is 2. The van der Waals surface area contributed by atoms with E-state index in [1.54, 1.807) is 23.5 Å². The van der Waals surface area contributed by atoms with E-state index in [9.17, 15) is 4.79 Å². The minimum Gasteiger partial charge on any atom is -0.480 e. The van der Waals surface area contributed by atoms with Gasteiger partial charge in [0, 0.05) is 63.5 Å². The van der Waals surface area contributed by atoms with Gasteiger partial charge in [-0.3, -0.25) is 4.79 Å². The van der Waals surface area contributed by atoms with Crippen LogP contribution in [0.15, 0.2) is 52.3 Å². The molecule has 2 aromatic heterocycles. The Balaban J connectivity index is 0.000000194. The van der Waals surface area contributed by atoms with Crippen molar-refractivity contribution in [3.05, 3.63) is 59.4 Å². The molecule has 0 aliphatic heterocycles. The average Bonchev–Trinajstić information content (AvgIpc) is 3.27. The molecule has 0 saturated carbocycles. The van der Waals surface area contributed by atoms with E-state index in [1.165, 1.54) is 26.4 Å². The van der Waals surface area contributed by atoms with E-state index in [2.05, 4.69) is 71.8 Å². The summed E-state index contributed by atoms with van der Waals surface area (Å²) in [6.45, 7) is 4.20. The van der Waals surface area contributed by atoms with E-state index in [-0.39, 0.29) is 0 Å². The molecule has 0 fully saturated rings. The molecule has 0 aliphatic rings. The molecule has 2 heterocycles. The summed E-state index contributed by atoms with van der Waals surface area (Å²) in [6, 6.07) is 14.3. The standard InChI is InChI=1S/C14H18N2O2S.C12H15NS/c1-8-10(7-12(15)14(17)18)11-6-9(19-3)4-5-13(11)16(8)2;1-4-10-7-9-8-11(14-3)5-6-12(9)13(10)2/h4-6,12H,7,15H2,1-3H3,(H,17,18);5-8H,4H2,1-3H3. The summed E-state index contributed by atoms with van der Waals surface area (Å²) < 4.78 is 4.36. The van der Waals surface area contributed by atoms with E-state index in [4.69, 9.17) is 10.8 Å². The summed E-state index contributed by atoms with van der Waals surface area (Å²) in [5.41, 5.74) is 11.6. The van der Waals surface area contributed by atoms with Crippen LogP contribution in [0.4, 0.5) is 0 Å². The molecule has 0 bridgehead atoms. The van der Waals surface area contributed by atoms with Gasteiger partial charge in [0.2, 0.25) is 0 Å². The van der Waals surface area contributed by atoms with Crippen LogP contribution in [0, 0.1) is 6.92 Å². The molecule has 4 rings (SSSR count). The first kappa shape index (κ1) is 25.3. The topological polar surface area (TPSA) is 73.2 Å². The van der Waals surface area contributed by atoms with Gasteiger partial charge in [0.15, 0.2) is 0 Å². The third-order valence-electron chi connectivity index (χ3n) is 6.28. The molecule has 4 aromatic rings. The maximum Gasteiger partial charge on any atom is 0.320 e. The lowest BCUT2D eigenvalue weighted by atomic mass is 10.0. The van der Waals surface area contributed by atoms with Gasteiger partial charge in [-0.1, -0.05) is 6.92 Å². The van der Waals surface area contributed by atoms with Crippen LogP contribution >= 0.6 is 23.5 Å². The molecule has 7 heteroatoms. The number of thioether (sulfide) groups is 2. The fraction of sp³-hybridized carbons (Fsp3) is 0.346. The first-order chi connectivity index (χ1) is 15.7. The highest BCUT2D eigenvalue weighted by molar-refractivity contribution is 7.98. The van der Waals surface area contributed by atoms with Gasteiger partial charge in [0.1, 0.15) is 6.04 Å². The lowest BCUT2D eigenvalue weighted by molar-refractivity contribution is -0.138. The fourth-order valence-corrected chi connectivity index (χ4v) is 5.06. The lowest BCUT2D eigenvalue weighted by Crippen LogP contribution is -2.32. The molecule has 0 aliphatic carbocycles. The summed E-state index contributed by atoms with van der Waals surface area (Å²) in [4.78, 5) is 13.5. The Kier molecular flexibility index (Phi) is 8.21. The molecule has 1 unspecified atom stereocenters. The van der Waals surface area contributed by atoms with Crippen molar-refractivity contribution in [2.75, 3.05) is 12.5 Å². The molecule has 1 atom stereocenters. The van der Waals surface area contributed by atoms with Gasteiger partial charge >= 0.3 is 5.97 Å². The highest BCUT2D eigenvalue weighted by atomic mass is 32.2. The zero-order chi connectivity index (χ0) is 24.3. The van der Waals surface area contributed by atoms with Crippen LogP contribution in [0.25, 0.3) is 21.8 Å². The van der Waals surface area contributed by atoms with Crippen molar-refractivity contribution < 1.29 is 9.90 Å². The predicted molar refractivity (Wildman–Crippen MR) is 143 cm³/mol. The molecule has 2 aromatic carbocycles. The number of carbonyl (C=O) groups is 1. The van der Waals surface area contributed by atoms with Gasteiger partial charge in [0.25, 0.3) is 0 Å². The second-order valence-electron chi connectivity index (χ2n) is 8.13. The molecular weight excluding hydrogens is 450 g/mol. The van der Waals surface area contributed by atoms with Crippen LogP contribution in [0.5, 0.6) is 0 Å². The molecule has 3 N–H and O–H groups in total. The number of fused-ring (bicyclic) bond motifs is 2. The molecule has 33 heavy (non-hydrogen) atoms. The number of aromatic nitrogens is 2. The Bertz CT molecular complexity index is 1290. The summed E-state index contributed by atoms with van der Waals surface area (Å²) in [5.74, 6) is -0.961. The van der Waals surface area contributed by atoms with Crippen LogP contribution < -0.4 is 5.73 Å². The van der Waals surface area contributed by atoms with Crippen molar-refractivity contribution in [1.82, 2.24) is 9.13 Å². The van der Waals surface area contributed by atoms with Gasteiger partial charge in [0.05, 0.1) is 0 Å². The normalized spacial score (nSPS) is 12.1. The van der Waals surface area contributed by atoms with E-state index in [0.717, 1.165) is 28.6 Å². The van der Waals surface area contributed by atoms with Crippen LogP contribution in [0.3, 0.4) is 0 Å². The Morgan fingerprint density at radius 3 is 2.18 bits per heavy atom. The number of hydrogen-bond acceptors (Lipinski definition) is 4. The van der Waals surface area contributed by atoms with E-state index in [1.807, 2.05) is 20.2 Å². The second kappa shape index (κ2) is 10.7. The summed E-state index contributed by atoms with van der Waals surface area (Å²) in [7, 11) is 4.13. The first-order valence-electron chi connectivity index (χ1n) is 10.9. The number of benzene rings is 2. The van der Waals surface area contributed by atoms with Gasteiger partial charge in [-0.25, -0.2) is 0 Å². The van der Waals surface area contributed by atoms with Gasteiger partial charge in [-0.05, 0) is 73.9 Å². The Labute approximate surface area is 204 Å². The highest BCUT2D eigenvalue weighted by Gasteiger charge is 2.19. The van der Waals surface area contributed by atoms with Crippen molar-refractivity contribution >= 4 is 51.3 Å². The molecule has 0 saturated heterocycles. The zero-order valence-corrected chi connectivity index (χ0v) is 21.8. The van der Waals surface area contributed by atoms with Gasteiger partial charge in [-0.2, -0.15) is 0 Å². The fourth-order valence-electron chi connectivity index (χ4n) is 4.17. The Hall–Kier alpha value is -2.35. The third-order valence-corrected chi connectivity index (χ3v) is 7.73. The largest absolute Gasteiger partial charge is 0.480 e. The second-order valence-corrected chi connectivity index (χ2v) is 9.89. The summed E-state index contributed by atoms with van der Waals surface area (Å²) in [5, 5.41) is 11.4. The minimum absolute atomic E-state index is 0.357.